The summed E-state index contributed by atoms with van der Waals surface area (Å²) >= 11 is 0. The summed E-state index contributed by atoms with van der Waals surface area (Å²) in [5, 5.41) is 3.17. The van der Waals surface area contributed by atoms with Gasteiger partial charge in [0.25, 0.3) is 0 Å². The molecule has 0 bridgehead atoms. The highest BCUT2D eigenvalue weighted by Crippen LogP contribution is 2.40. The second-order valence-electron chi connectivity index (χ2n) is 4.58. The number of hydrogen-bond acceptors (Lipinski definition) is 2. The molecule has 0 amide bonds. The molecule has 1 aromatic carbocycles. The van der Waals surface area contributed by atoms with Crippen LogP contribution in [0, 0.1) is 0 Å². The number of ether oxygens (including phenoxy) is 1. The summed E-state index contributed by atoms with van der Waals surface area (Å²) < 4.78 is 41.0. The SMILES string of the molecule is CNC1CCC(c2ccccc2OC(F)(F)F)C1. The second-order valence-corrected chi connectivity index (χ2v) is 4.58. The molecule has 2 unspecified atom stereocenters. The van der Waals surface area contributed by atoms with E-state index in [4.69, 9.17) is 0 Å². The normalized spacial score (nSPS) is 24.2. The van der Waals surface area contributed by atoms with Gasteiger partial charge < -0.3 is 10.1 Å². The Hall–Kier alpha value is -1.23. The molecular formula is C13H16F3NO. The topological polar surface area (TPSA) is 21.3 Å². The van der Waals surface area contributed by atoms with Crippen LogP contribution in [0.5, 0.6) is 5.75 Å². The van der Waals surface area contributed by atoms with Crippen LogP contribution in [-0.2, 0) is 0 Å². The van der Waals surface area contributed by atoms with E-state index in [0.29, 0.717) is 11.6 Å². The maximum absolute atomic E-state index is 12.3. The molecule has 1 aliphatic rings. The largest absolute Gasteiger partial charge is 0.573 e. The Morgan fingerprint density at radius 2 is 1.94 bits per heavy atom. The zero-order chi connectivity index (χ0) is 13.2. The molecule has 1 fully saturated rings. The molecule has 1 aromatic rings. The van der Waals surface area contributed by atoms with Gasteiger partial charge in [-0.05, 0) is 43.9 Å². The maximum Gasteiger partial charge on any atom is 0.573 e. The average Bonchev–Trinajstić information content (AvgIpc) is 2.76. The molecule has 0 spiro atoms. The lowest BCUT2D eigenvalue weighted by Crippen LogP contribution is -2.21. The first-order valence-corrected chi connectivity index (χ1v) is 6.01. The Labute approximate surface area is 104 Å². The summed E-state index contributed by atoms with van der Waals surface area (Å²) in [6, 6.07) is 6.81. The number of nitrogens with one attached hydrogen (secondary N) is 1. The molecule has 1 aliphatic carbocycles. The van der Waals surface area contributed by atoms with Gasteiger partial charge >= 0.3 is 6.36 Å². The highest BCUT2D eigenvalue weighted by atomic mass is 19.4. The minimum Gasteiger partial charge on any atom is -0.405 e. The summed E-state index contributed by atoms with van der Waals surface area (Å²) in [5.41, 5.74) is 0.660. The fraction of sp³-hybridized carbons (Fsp3) is 0.538. The van der Waals surface area contributed by atoms with Gasteiger partial charge in [0.05, 0.1) is 0 Å². The zero-order valence-electron chi connectivity index (χ0n) is 10.1. The van der Waals surface area contributed by atoms with E-state index < -0.39 is 6.36 Å². The monoisotopic (exact) mass is 259 g/mol. The standard InChI is InChI=1S/C13H16F3NO/c1-17-10-7-6-9(8-10)11-4-2-3-5-12(11)18-13(14,15)16/h2-5,9-10,17H,6-8H2,1H3. The summed E-state index contributed by atoms with van der Waals surface area (Å²) in [5.74, 6) is 0.0766. The Bertz CT molecular complexity index is 405. The van der Waals surface area contributed by atoms with Crippen molar-refractivity contribution < 1.29 is 17.9 Å². The van der Waals surface area contributed by atoms with Gasteiger partial charge in [-0.15, -0.1) is 13.2 Å². The number of halogens is 3. The van der Waals surface area contributed by atoms with Gasteiger partial charge in [0.15, 0.2) is 0 Å². The fourth-order valence-electron chi connectivity index (χ4n) is 2.56. The molecule has 1 saturated carbocycles. The Kier molecular flexibility index (Phi) is 3.80. The maximum atomic E-state index is 12.3. The third kappa shape index (κ3) is 3.16. The van der Waals surface area contributed by atoms with Crippen molar-refractivity contribution in [2.45, 2.75) is 37.6 Å². The van der Waals surface area contributed by atoms with Crippen LogP contribution >= 0.6 is 0 Å². The zero-order valence-corrected chi connectivity index (χ0v) is 10.1. The minimum absolute atomic E-state index is 0.0632. The van der Waals surface area contributed by atoms with Gasteiger partial charge in [-0.1, -0.05) is 18.2 Å². The smallest absolute Gasteiger partial charge is 0.405 e. The van der Waals surface area contributed by atoms with Crippen LogP contribution in [0.1, 0.15) is 30.7 Å². The highest BCUT2D eigenvalue weighted by molar-refractivity contribution is 5.37. The van der Waals surface area contributed by atoms with Gasteiger partial charge in [0.2, 0.25) is 0 Å². The predicted molar refractivity (Wildman–Crippen MR) is 62.6 cm³/mol. The number of benzene rings is 1. The first-order chi connectivity index (χ1) is 8.49. The van der Waals surface area contributed by atoms with Crippen molar-refractivity contribution in [3.63, 3.8) is 0 Å². The van der Waals surface area contributed by atoms with Gasteiger partial charge in [0.1, 0.15) is 5.75 Å². The molecular weight excluding hydrogens is 243 g/mol. The molecule has 0 saturated heterocycles. The number of rotatable bonds is 3. The van der Waals surface area contributed by atoms with Crippen LogP contribution in [-0.4, -0.2) is 19.5 Å². The molecule has 1 N–H and O–H groups in total. The summed E-state index contributed by atoms with van der Waals surface area (Å²) in [6.07, 6.45) is -1.89. The fourth-order valence-corrected chi connectivity index (χ4v) is 2.56. The number of hydrogen-bond donors (Lipinski definition) is 1. The molecule has 18 heavy (non-hydrogen) atoms. The van der Waals surface area contributed by atoms with Crippen molar-refractivity contribution in [2.75, 3.05) is 7.05 Å². The van der Waals surface area contributed by atoms with E-state index in [-0.39, 0.29) is 11.7 Å². The molecule has 0 radical (unpaired) electrons. The van der Waals surface area contributed by atoms with Crippen LogP contribution in [0.2, 0.25) is 0 Å². The van der Waals surface area contributed by atoms with Crippen LogP contribution in [0.15, 0.2) is 24.3 Å². The lowest BCUT2D eigenvalue weighted by atomic mass is 9.96. The Morgan fingerprint density at radius 1 is 1.22 bits per heavy atom. The minimum atomic E-state index is -4.63. The van der Waals surface area contributed by atoms with Crippen molar-refractivity contribution in [3.8, 4) is 5.75 Å². The van der Waals surface area contributed by atoms with E-state index in [0.717, 1.165) is 19.3 Å². The lowest BCUT2D eigenvalue weighted by molar-refractivity contribution is -0.275. The second kappa shape index (κ2) is 5.18. The third-order valence-electron chi connectivity index (χ3n) is 3.43. The lowest BCUT2D eigenvalue weighted by Gasteiger charge is -2.17. The summed E-state index contributed by atoms with van der Waals surface area (Å²) in [4.78, 5) is 0. The molecule has 2 nitrogen and oxygen atoms in total. The van der Waals surface area contributed by atoms with Gasteiger partial charge in [-0.2, -0.15) is 0 Å². The molecule has 0 aromatic heterocycles. The van der Waals surface area contributed by atoms with Gasteiger partial charge in [-0.3, -0.25) is 0 Å². The highest BCUT2D eigenvalue weighted by Gasteiger charge is 2.34. The van der Waals surface area contributed by atoms with Crippen molar-refractivity contribution in [2.24, 2.45) is 0 Å². The van der Waals surface area contributed by atoms with Crippen molar-refractivity contribution in [1.82, 2.24) is 5.32 Å². The molecule has 2 atom stereocenters. The van der Waals surface area contributed by atoms with Crippen LogP contribution < -0.4 is 10.1 Å². The number of para-hydroxylation sites is 1. The molecule has 2 rings (SSSR count). The third-order valence-corrected chi connectivity index (χ3v) is 3.43. The average molecular weight is 259 g/mol. The first kappa shape index (κ1) is 13.2. The van der Waals surface area contributed by atoms with Crippen molar-refractivity contribution in [1.29, 1.82) is 0 Å². The van der Waals surface area contributed by atoms with Crippen molar-refractivity contribution >= 4 is 0 Å². The quantitative estimate of drug-likeness (QED) is 0.897. The Balaban J connectivity index is 2.18. The van der Waals surface area contributed by atoms with Crippen LogP contribution in [0.4, 0.5) is 13.2 Å². The summed E-state index contributed by atoms with van der Waals surface area (Å²) in [6.45, 7) is 0. The van der Waals surface area contributed by atoms with E-state index in [1.807, 2.05) is 7.05 Å². The van der Waals surface area contributed by atoms with E-state index in [9.17, 15) is 13.2 Å². The van der Waals surface area contributed by atoms with E-state index in [2.05, 4.69) is 10.1 Å². The number of alkyl halides is 3. The van der Waals surface area contributed by atoms with Crippen molar-refractivity contribution in [3.05, 3.63) is 29.8 Å². The molecule has 5 heteroatoms. The van der Waals surface area contributed by atoms with E-state index >= 15 is 0 Å². The molecule has 0 heterocycles. The summed E-state index contributed by atoms with van der Waals surface area (Å²) in [7, 11) is 1.88. The predicted octanol–water partition coefficient (Wildman–Crippen LogP) is 3.44. The van der Waals surface area contributed by atoms with E-state index in [1.54, 1.807) is 18.2 Å². The van der Waals surface area contributed by atoms with Gasteiger partial charge in [-0.25, -0.2) is 0 Å². The van der Waals surface area contributed by atoms with E-state index in [1.165, 1.54) is 6.07 Å². The van der Waals surface area contributed by atoms with Crippen LogP contribution in [0.25, 0.3) is 0 Å². The molecule has 0 aliphatic heterocycles. The van der Waals surface area contributed by atoms with Crippen LogP contribution in [0.3, 0.4) is 0 Å². The Morgan fingerprint density at radius 3 is 2.56 bits per heavy atom. The molecule has 100 valence electrons. The first-order valence-electron chi connectivity index (χ1n) is 6.01. The van der Waals surface area contributed by atoms with Gasteiger partial charge in [0, 0.05) is 6.04 Å².